The van der Waals surface area contributed by atoms with Crippen LogP contribution in [0.3, 0.4) is 0 Å². The Bertz CT molecular complexity index is 907. The smallest absolute Gasteiger partial charge is 0.416 e. The molecule has 1 amide bonds. The van der Waals surface area contributed by atoms with Gasteiger partial charge in [-0.25, -0.2) is 9.97 Å². The van der Waals surface area contributed by atoms with Crippen LogP contribution in [0.4, 0.5) is 18.9 Å². The van der Waals surface area contributed by atoms with Crippen LogP contribution in [0.1, 0.15) is 16.1 Å². The Morgan fingerprint density at radius 1 is 1.16 bits per heavy atom. The van der Waals surface area contributed by atoms with Crippen molar-refractivity contribution >= 4 is 23.2 Å². The molecule has 0 saturated carbocycles. The highest BCUT2D eigenvalue weighted by Crippen LogP contribution is 2.30. The molecule has 128 valence electrons. The van der Waals surface area contributed by atoms with Crippen molar-refractivity contribution in [3.05, 3.63) is 65.3 Å². The monoisotopic (exact) mass is 367 g/mol. The molecule has 2 aromatic heterocycles. The van der Waals surface area contributed by atoms with Gasteiger partial charge in [0.1, 0.15) is 6.26 Å². The van der Waals surface area contributed by atoms with Gasteiger partial charge in [0, 0.05) is 11.8 Å². The van der Waals surface area contributed by atoms with E-state index in [0.29, 0.717) is 11.3 Å². The number of benzene rings is 1. The lowest BCUT2D eigenvalue weighted by atomic mass is 10.1. The maximum absolute atomic E-state index is 12.6. The molecule has 1 aromatic carbocycles. The summed E-state index contributed by atoms with van der Waals surface area (Å²) in [5.74, 6) is -0.562. The highest BCUT2D eigenvalue weighted by molar-refractivity contribution is 6.32. The second-order valence-corrected chi connectivity index (χ2v) is 5.27. The highest BCUT2D eigenvalue weighted by Gasteiger charge is 2.30. The van der Waals surface area contributed by atoms with Crippen molar-refractivity contribution < 1.29 is 22.4 Å². The quantitative estimate of drug-likeness (QED) is 0.683. The Kier molecular flexibility index (Phi) is 4.45. The number of aromatic nitrogens is 2. The number of hydrogen-bond donors (Lipinski definition) is 1. The number of alkyl halides is 3. The molecule has 1 N–H and O–H groups in total. The van der Waals surface area contributed by atoms with E-state index in [2.05, 4.69) is 15.3 Å². The number of anilines is 1. The van der Waals surface area contributed by atoms with Crippen LogP contribution in [0.15, 0.2) is 53.3 Å². The zero-order chi connectivity index (χ0) is 18.0. The topological polar surface area (TPSA) is 68.0 Å². The molecule has 0 saturated heterocycles. The number of nitrogens with one attached hydrogen (secondary N) is 1. The number of rotatable bonds is 3. The average Bonchev–Trinajstić information content (AvgIpc) is 3.06. The lowest BCUT2D eigenvalue weighted by Crippen LogP contribution is -2.12. The second kappa shape index (κ2) is 6.56. The average molecular weight is 368 g/mol. The van der Waals surface area contributed by atoms with Gasteiger partial charge in [-0.2, -0.15) is 13.2 Å². The summed E-state index contributed by atoms with van der Waals surface area (Å²) in [7, 11) is 0. The lowest BCUT2D eigenvalue weighted by Gasteiger charge is -2.06. The normalized spacial score (nSPS) is 11.4. The van der Waals surface area contributed by atoms with E-state index in [-0.39, 0.29) is 16.7 Å². The van der Waals surface area contributed by atoms with Crippen LogP contribution in [0, 0.1) is 0 Å². The maximum Gasteiger partial charge on any atom is 0.416 e. The third kappa shape index (κ3) is 3.80. The van der Waals surface area contributed by atoms with Crippen LogP contribution in [0.5, 0.6) is 0 Å². The van der Waals surface area contributed by atoms with Gasteiger partial charge in [0.05, 0.1) is 11.3 Å². The van der Waals surface area contributed by atoms with E-state index in [1.165, 1.54) is 18.3 Å². The number of hydrogen-bond acceptors (Lipinski definition) is 4. The highest BCUT2D eigenvalue weighted by atomic mass is 35.5. The van der Waals surface area contributed by atoms with Crippen molar-refractivity contribution in [1.82, 2.24) is 9.97 Å². The summed E-state index contributed by atoms with van der Waals surface area (Å²) >= 11 is 5.85. The standard InChI is InChI=1S/C16H9ClF3N3O2/c17-13-11(2-1-7-21-13)22-14(24)12-8-25-15(23-12)9-3-5-10(6-4-9)16(18,19)20/h1-8H,(H,22,24). The molecule has 25 heavy (non-hydrogen) atoms. The second-order valence-electron chi connectivity index (χ2n) is 4.91. The van der Waals surface area contributed by atoms with Crippen LogP contribution in [0.25, 0.3) is 11.5 Å². The molecule has 9 heteroatoms. The first-order chi connectivity index (χ1) is 11.8. The minimum Gasteiger partial charge on any atom is -0.444 e. The zero-order valence-corrected chi connectivity index (χ0v) is 13.1. The van der Waals surface area contributed by atoms with Gasteiger partial charge in [-0.3, -0.25) is 4.79 Å². The van der Waals surface area contributed by atoms with Gasteiger partial charge in [0.15, 0.2) is 10.8 Å². The Morgan fingerprint density at radius 3 is 2.52 bits per heavy atom. The Labute approximate surface area is 144 Å². The van der Waals surface area contributed by atoms with Crippen LogP contribution < -0.4 is 5.32 Å². The minimum atomic E-state index is -4.43. The Morgan fingerprint density at radius 2 is 1.88 bits per heavy atom. The maximum atomic E-state index is 12.6. The zero-order valence-electron chi connectivity index (χ0n) is 12.3. The van der Waals surface area contributed by atoms with Crippen molar-refractivity contribution in [3.8, 4) is 11.5 Å². The number of amides is 1. The first-order valence-electron chi connectivity index (χ1n) is 6.89. The molecule has 0 fully saturated rings. The molecule has 0 spiro atoms. The van der Waals surface area contributed by atoms with Crippen molar-refractivity contribution in [1.29, 1.82) is 0 Å². The molecular formula is C16H9ClF3N3O2. The summed E-state index contributed by atoms with van der Waals surface area (Å²) in [4.78, 5) is 19.9. The summed E-state index contributed by atoms with van der Waals surface area (Å²) in [6.07, 6.45) is -1.85. The predicted molar refractivity (Wildman–Crippen MR) is 84.1 cm³/mol. The van der Waals surface area contributed by atoms with Crippen LogP contribution in [-0.4, -0.2) is 15.9 Å². The molecule has 3 aromatic rings. The van der Waals surface area contributed by atoms with E-state index in [1.807, 2.05) is 0 Å². The summed E-state index contributed by atoms with van der Waals surface area (Å²) in [6, 6.07) is 7.41. The number of carbonyl (C=O) groups is 1. The van der Waals surface area contributed by atoms with E-state index in [9.17, 15) is 18.0 Å². The SMILES string of the molecule is O=C(Nc1cccnc1Cl)c1coc(-c2ccc(C(F)(F)F)cc2)n1. The van der Waals surface area contributed by atoms with Crippen molar-refractivity contribution in [3.63, 3.8) is 0 Å². The summed E-state index contributed by atoms with van der Waals surface area (Å²) in [5.41, 5.74) is -0.221. The van der Waals surface area contributed by atoms with Gasteiger partial charge < -0.3 is 9.73 Å². The molecule has 0 aliphatic rings. The predicted octanol–water partition coefficient (Wildman–Crippen LogP) is 4.66. The fourth-order valence-electron chi connectivity index (χ4n) is 1.98. The van der Waals surface area contributed by atoms with Crippen molar-refractivity contribution in [2.45, 2.75) is 6.18 Å². The third-order valence-electron chi connectivity index (χ3n) is 3.20. The summed E-state index contributed by atoms with van der Waals surface area (Å²) in [6.45, 7) is 0. The molecule has 0 aliphatic heterocycles. The molecule has 0 radical (unpaired) electrons. The van der Waals surface area contributed by atoms with Crippen LogP contribution >= 0.6 is 11.6 Å². The van der Waals surface area contributed by atoms with Gasteiger partial charge in [0.2, 0.25) is 5.89 Å². The molecule has 0 aliphatic carbocycles. The molecular weight excluding hydrogens is 359 g/mol. The van der Waals surface area contributed by atoms with Crippen molar-refractivity contribution in [2.24, 2.45) is 0 Å². The molecule has 0 unspecified atom stereocenters. The van der Waals surface area contributed by atoms with E-state index < -0.39 is 17.6 Å². The van der Waals surface area contributed by atoms with Gasteiger partial charge >= 0.3 is 6.18 Å². The third-order valence-corrected chi connectivity index (χ3v) is 3.50. The Hall–Kier alpha value is -2.87. The van der Waals surface area contributed by atoms with Crippen LogP contribution in [0.2, 0.25) is 5.15 Å². The molecule has 2 heterocycles. The number of oxazole rings is 1. The van der Waals surface area contributed by atoms with Gasteiger partial charge in [-0.1, -0.05) is 11.6 Å². The summed E-state index contributed by atoms with van der Waals surface area (Å²) in [5, 5.41) is 2.63. The van der Waals surface area contributed by atoms with Gasteiger partial charge in [-0.15, -0.1) is 0 Å². The van der Waals surface area contributed by atoms with E-state index in [0.717, 1.165) is 18.4 Å². The molecule has 3 rings (SSSR count). The minimum absolute atomic E-state index is 0.0242. The van der Waals surface area contributed by atoms with Gasteiger partial charge in [0.25, 0.3) is 5.91 Å². The molecule has 0 bridgehead atoms. The fourth-order valence-corrected chi connectivity index (χ4v) is 2.14. The number of nitrogens with zero attached hydrogens (tertiary/aromatic N) is 2. The fraction of sp³-hybridized carbons (Fsp3) is 0.0625. The Balaban J connectivity index is 1.78. The first-order valence-corrected chi connectivity index (χ1v) is 7.27. The van der Waals surface area contributed by atoms with E-state index in [1.54, 1.807) is 12.1 Å². The summed E-state index contributed by atoms with van der Waals surface area (Å²) < 4.78 is 42.9. The number of pyridine rings is 1. The van der Waals surface area contributed by atoms with Gasteiger partial charge in [-0.05, 0) is 36.4 Å². The van der Waals surface area contributed by atoms with Crippen LogP contribution in [-0.2, 0) is 6.18 Å². The largest absolute Gasteiger partial charge is 0.444 e. The lowest BCUT2D eigenvalue weighted by molar-refractivity contribution is -0.137. The van der Waals surface area contributed by atoms with Crippen molar-refractivity contribution in [2.75, 3.05) is 5.32 Å². The van der Waals surface area contributed by atoms with E-state index in [4.69, 9.17) is 16.0 Å². The first kappa shape index (κ1) is 17.0. The number of carbonyl (C=O) groups excluding carboxylic acids is 1. The number of halogens is 4. The molecule has 0 atom stereocenters. The molecule has 5 nitrogen and oxygen atoms in total. The van der Waals surface area contributed by atoms with E-state index >= 15 is 0 Å².